The number of anilines is 1. The maximum absolute atomic E-state index is 12.5. The fourth-order valence-electron chi connectivity index (χ4n) is 2.19. The van der Waals surface area contributed by atoms with Gasteiger partial charge in [-0.25, -0.2) is 9.48 Å². The van der Waals surface area contributed by atoms with Crippen molar-refractivity contribution in [2.75, 3.05) is 11.9 Å². The van der Waals surface area contributed by atoms with Crippen LogP contribution >= 0.6 is 11.6 Å². The van der Waals surface area contributed by atoms with Crippen LogP contribution in [-0.4, -0.2) is 38.5 Å². The van der Waals surface area contributed by atoms with Crippen LogP contribution in [0, 0.1) is 0 Å². The highest BCUT2D eigenvalue weighted by Gasteiger charge is 2.23. The predicted molar refractivity (Wildman–Crippen MR) is 91.1 cm³/mol. The summed E-state index contributed by atoms with van der Waals surface area (Å²) in [5.41, 5.74) is 0.885. The average molecular weight is 360 g/mol. The number of esters is 1. The molecule has 2 heterocycles. The van der Waals surface area contributed by atoms with E-state index in [2.05, 4.69) is 20.6 Å². The highest BCUT2D eigenvalue weighted by Crippen LogP contribution is 2.23. The molecule has 9 heteroatoms. The van der Waals surface area contributed by atoms with Gasteiger partial charge in [0.15, 0.2) is 5.82 Å². The molecular weight excluding hydrogens is 346 g/mol. The Morgan fingerprint density at radius 3 is 2.68 bits per heavy atom. The van der Waals surface area contributed by atoms with Crippen molar-refractivity contribution in [2.45, 2.75) is 6.92 Å². The Kier molecular flexibility index (Phi) is 4.80. The fourth-order valence-corrected chi connectivity index (χ4v) is 2.37. The Morgan fingerprint density at radius 1 is 1.28 bits per heavy atom. The van der Waals surface area contributed by atoms with E-state index < -0.39 is 11.9 Å². The third-order valence-electron chi connectivity index (χ3n) is 3.32. The van der Waals surface area contributed by atoms with E-state index >= 15 is 0 Å². The number of ether oxygens (including phenoxy) is 1. The summed E-state index contributed by atoms with van der Waals surface area (Å²) in [6, 6.07) is 9.07. The fraction of sp³-hybridized carbons (Fsp3) is 0.125. The minimum atomic E-state index is -0.587. The number of hydrogen-bond donors (Lipinski definition) is 2. The van der Waals surface area contributed by atoms with E-state index in [1.807, 2.05) is 18.2 Å². The molecule has 3 rings (SSSR count). The van der Waals surface area contributed by atoms with Gasteiger partial charge in [0.2, 0.25) is 0 Å². The van der Waals surface area contributed by atoms with Gasteiger partial charge >= 0.3 is 5.97 Å². The van der Waals surface area contributed by atoms with Crippen LogP contribution < -0.4 is 5.32 Å². The molecular formula is C16H14ClN5O3. The van der Waals surface area contributed by atoms with Crippen molar-refractivity contribution in [2.24, 2.45) is 0 Å². The van der Waals surface area contributed by atoms with E-state index in [1.165, 1.54) is 17.1 Å². The van der Waals surface area contributed by atoms with Gasteiger partial charge in [-0.15, -0.1) is 0 Å². The zero-order chi connectivity index (χ0) is 17.8. The van der Waals surface area contributed by atoms with Crippen LogP contribution in [0.1, 0.15) is 27.8 Å². The van der Waals surface area contributed by atoms with Crippen molar-refractivity contribution in [3.8, 4) is 5.69 Å². The molecule has 0 aliphatic rings. The van der Waals surface area contributed by atoms with Crippen molar-refractivity contribution in [3.63, 3.8) is 0 Å². The second-order valence-corrected chi connectivity index (χ2v) is 5.33. The molecule has 1 aromatic carbocycles. The Labute approximate surface area is 147 Å². The third-order valence-corrected chi connectivity index (χ3v) is 3.60. The molecule has 0 atom stereocenters. The summed E-state index contributed by atoms with van der Waals surface area (Å²) in [6.07, 6.45) is 2.66. The van der Waals surface area contributed by atoms with Crippen LogP contribution in [0.25, 0.3) is 5.69 Å². The normalized spacial score (nSPS) is 10.5. The Morgan fingerprint density at radius 2 is 2.04 bits per heavy atom. The van der Waals surface area contributed by atoms with E-state index in [9.17, 15) is 9.59 Å². The topological polar surface area (TPSA) is 102 Å². The second-order valence-electron chi connectivity index (χ2n) is 4.92. The van der Waals surface area contributed by atoms with E-state index in [-0.39, 0.29) is 28.7 Å². The lowest BCUT2D eigenvalue weighted by atomic mass is 10.3. The molecule has 8 nitrogen and oxygen atoms in total. The second kappa shape index (κ2) is 7.18. The maximum Gasteiger partial charge on any atom is 0.343 e. The molecule has 2 aromatic heterocycles. The molecule has 0 saturated heterocycles. The first kappa shape index (κ1) is 16.7. The zero-order valence-corrected chi connectivity index (χ0v) is 13.9. The van der Waals surface area contributed by atoms with Crippen molar-refractivity contribution in [1.29, 1.82) is 0 Å². The van der Waals surface area contributed by atoms with Gasteiger partial charge in [0.05, 0.1) is 29.7 Å². The number of aromatic nitrogens is 4. The highest BCUT2D eigenvalue weighted by molar-refractivity contribution is 6.34. The first-order valence-electron chi connectivity index (χ1n) is 7.42. The van der Waals surface area contributed by atoms with Crippen molar-refractivity contribution < 1.29 is 14.3 Å². The molecule has 0 saturated carbocycles. The van der Waals surface area contributed by atoms with Gasteiger partial charge < -0.3 is 10.1 Å². The zero-order valence-electron chi connectivity index (χ0n) is 13.2. The SMILES string of the molecule is CCOC(=O)c1cnn(-c2ccccc2)c1NC(=O)c1[nH]ncc1Cl. The summed E-state index contributed by atoms with van der Waals surface area (Å²) in [6.45, 7) is 1.90. The molecule has 128 valence electrons. The summed E-state index contributed by atoms with van der Waals surface area (Å²) in [4.78, 5) is 24.6. The maximum atomic E-state index is 12.5. The number of carbonyl (C=O) groups excluding carboxylic acids is 2. The number of amides is 1. The van der Waals surface area contributed by atoms with Gasteiger partial charge in [-0.3, -0.25) is 9.89 Å². The minimum Gasteiger partial charge on any atom is -0.462 e. The number of H-pyrrole nitrogens is 1. The minimum absolute atomic E-state index is 0.0808. The molecule has 0 aliphatic carbocycles. The number of carbonyl (C=O) groups is 2. The molecule has 0 spiro atoms. The molecule has 0 unspecified atom stereocenters. The largest absolute Gasteiger partial charge is 0.462 e. The smallest absolute Gasteiger partial charge is 0.343 e. The Bertz CT molecular complexity index is 904. The lowest BCUT2D eigenvalue weighted by molar-refractivity contribution is 0.0527. The van der Waals surface area contributed by atoms with Crippen LogP contribution in [0.2, 0.25) is 5.02 Å². The lowest BCUT2D eigenvalue weighted by Crippen LogP contribution is -2.18. The summed E-state index contributed by atoms with van der Waals surface area (Å²) in [5, 5.41) is 13.2. The molecule has 0 radical (unpaired) electrons. The molecule has 2 N–H and O–H groups in total. The van der Waals surface area contributed by atoms with E-state index in [4.69, 9.17) is 16.3 Å². The number of aromatic amines is 1. The van der Waals surface area contributed by atoms with Crippen LogP contribution in [0.4, 0.5) is 5.82 Å². The van der Waals surface area contributed by atoms with E-state index in [0.717, 1.165) is 0 Å². The number of halogens is 1. The molecule has 0 aliphatic heterocycles. The number of para-hydroxylation sites is 1. The lowest BCUT2D eigenvalue weighted by Gasteiger charge is -2.10. The van der Waals surface area contributed by atoms with Gasteiger partial charge in [-0.2, -0.15) is 10.2 Å². The average Bonchev–Trinajstić information content (AvgIpc) is 3.22. The van der Waals surface area contributed by atoms with Crippen molar-refractivity contribution in [1.82, 2.24) is 20.0 Å². The first-order valence-corrected chi connectivity index (χ1v) is 7.80. The van der Waals surface area contributed by atoms with Gasteiger partial charge in [-0.05, 0) is 19.1 Å². The number of rotatable bonds is 5. The summed E-state index contributed by atoms with van der Waals surface area (Å²) in [7, 11) is 0. The van der Waals surface area contributed by atoms with Crippen molar-refractivity contribution in [3.05, 3.63) is 59.0 Å². The summed E-state index contributed by atoms with van der Waals surface area (Å²) < 4.78 is 6.46. The van der Waals surface area contributed by atoms with Crippen LogP contribution in [-0.2, 0) is 4.74 Å². The number of hydrogen-bond acceptors (Lipinski definition) is 5. The predicted octanol–water partition coefficient (Wildman–Crippen LogP) is 2.68. The molecule has 0 fully saturated rings. The van der Waals surface area contributed by atoms with Crippen LogP contribution in [0.3, 0.4) is 0 Å². The first-order chi connectivity index (χ1) is 12.1. The van der Waals surface area contributed by atoms with Gasteiger partial charge in [0.1, 0.15) is 11.3 Å². The Hall–Kier alpha value is -3.13. The van der Waals surface area contributed by atoms with Gasteiger partial charge in [0.25, 0.3) is 5.91 Å². The third kappa shape index (κ3) is 3.38. The standard InChI is InChI=1S/C16H14ClN5O3/c1-2-25-16(24)11-8-19-22(10-6-4-3-5-7-10)14(11)20-15(23)13-12(17)9-18-21-13/h3-9H,2H2,1H3,(H,18,21)(H,20,23). The number of benzene rings is 1. The van der Waals surface area contributed by atoms with E-state index in [1.54, 1.807) is 19.1 Å². The number of nitrogens with one attached hydrogen (secondary N) is 2. The highest BCUT2D eigenvalue weighted by atomic mass is 35.5. The summed E-state index contributed by atoms with van der Waals surface area (Å²) >= 11 is 5.92. The molecule has 0 bridgehead atoms. The number of nitrogens with zero attached hydrogens (tertiary/aromatic N) is 3. The quantitative estimate of drug-likeness (QED) is 0.682. The molecule has 1 amide bonds. The van der Waals surface area contributed by atoms with Crippen LogP contribution in [0.5, 0.6) is 0 Å². The molecule has 25 heavy (non-hydrogen) atoms. The van der Waals surface area contributed by atoms with Crippen LogP contribution in [0.15, 0.2) is 42.7 Å². The van der Waals surface area contributed by atoms with Gasteiger partial charge in [0, 0.05) is 0 Å². The molecule has 3 aromatic rings. The summed E-state index contributed by atoms with van der Waals surface area (Å²) in [5.74, 6) is -0.957. The Balaban J connectivity index is 2.02. The van der Waals surface area contributed by atoms with Gasteiger partial charge in [-0.1, -0.05) is 29.8 Å². The van der Waals surface area contributed by atoms with E-state index in [0.29, 0.717) is 5.69 Å². The van der Waals surface area contributed by atoms with Crippen molar-refractivity contribution >= 4 is 29.3 Å². The monoisotopic (exact) mass is 359 g/mol.